The number of nitrogens with two attached hydrogens (primary N) is 1. The predicted molar refractivity (Wildman–Crippen MR) is 95.7 cm³/mol. The molecule has 3 aromatic rings. The van der Waals surface area contributed by atoms with Crippen molar-refractivity contribution >= 4 is 17.3 Å². The first kappa shape index (κ1) is 16.6. The van der Waals surface area contributed by atoms with Gasteiger partial charge in [-0.3, -0.25) is 4.79 Å². The Kier molecular flexibility index (Phi) is 4.43. The first-order valence-corrected chi connectivity index (χ1v) is 7.71. The van der Waals surface area contributed by atoms with Crippen molar-refractivity contribution in [3.8, 4) is 11.1 Å². The monoisotopic (exact) mass is 336 g/mol. The Labute approximate surface area is 144 Å². The maximum Gasteiger partial charge on any atom is 0.274 e. The fourth-order valence-corrected chi connectivity index (χ4v) is 2.33. The van der Waals surface area contributed by atoms with Gasteiger partial charge in [-0.05, 0) is 55.3 Å². The number of hydrogen-bond acceptors (Lipinski definition) is 4. The zero-order chi connectivity index (χ0) is 18.0. The quantitative estimate of drug-likeness (QED) is 0.564. The van der Waals surface area contributed by atoms with Gasteiger partial charge in [0.25, 0.3) is 5.91 Å². The predicted octanol–water partition coefficient (Wildman–Crippen LogP) is 3.73. The standard InChI is InChI=1S/C19H17FN4O/c1-11-3-7-16(23-12(11)2)19(25)24-17-9-13(4-6-15(17)21)14-5-8-18(20)22-10-14/h3-10H,21H2,1-2H3,(H,24,25). The lowest BCUT2D eigenvalue weighted by Crippen LogP contribution is -2.15. The maximum atomic E-state index is 13.0. The van der Waals surface area contributed by atoms with Crippen molar-refractivity contribution in [2.45, 2.75) is 13.8 Å². The summed E-state index contributed by atoms with van der Waals surface area (Å²) in [6, 6.07) is 11.6. The lowest BCUT2D eigenvalue weighted by atomic mass is 10.1. The van der Waals surface area contributed by atoms with Crippen LogP contribution in [0, 0.1) is 19.8 Å². The van der Waals surface area contributed by atoms with Crippen LogP contribution in [-0.4, -0.2) is 15.9 Å². The number of aryl methyl sites for hydroxylation is 2. The van der Waals surface area contributed by atoms with Gasteiger partial charge in [0.1, 0.15) is 5.69 Å². The molecule has 126 valence electrons. The number of carbonyl (C=O) groups is 1. The van der Waals surface area contributed by atoms with E-state index in [1.54, 1.807) is 30.3 Å². The van der Waals surface area contributed by atoms with Crippen LogP contribution in [0.1, 0.15) is 21.7 Å². The summed E-state index contributed by atoms with van der Waals surface area (Å²) in [6.45, 7) is 3.78. The molecular formula is C19H17FN4O. The van der Waals surface area contributed by atoms with Gasteiger partial charge in [0.15, 0.2) is 0 Å². The number of amides is 1. The van der Waals surface area contributed by atoms with Crippen molar-refractivity contribution in [2.24, 2.45) is 0 Å². The number of nitrogens with zero attached hydrogens (tertiary/aromatic N) is 2. The summed E-state index contributed by atoms with van der Waals surface area (Å²) in [4.78, 5) is 20.4. The number of carbonyl (C=O) groups excluding carboxylic acids is 1. The van der Waals surface area contributed by atoms with Crippen molar-refractivity contribution < 1.29 is 9.18 Å². The molecule has 2 heterocycles. The molecule has 0 atom stereocenters. The van der Waals surface area contributed by atoms with Crippen LogP contribution in [0.5, 0.6) is 0 Å². The van der Waals surface area contributed by atoms with Gasteiger partial charge in [0, 0.05) is 17.5 Å². The van der Waals surface area contributed by atoms with Crippen LogP contribution < -0.4 is 11.1 Å². The molecule has 2 aromatic heterocycles. The lowest BCUT2D eigenvalue weighted by molar-refractivity contribution is 0.102. The summed E-state index contributed by atoms with van der Waals surface area (Å²) < 4.78 is 13.0. The van der Waals surface area contributed by atoms with Gasteiger partial charge >= 0.3 is 0 Å². The smallest absolute Gasteiger partial charge is 0.274 e. The van der Waals surface area contributed by atoms with Crippen LogP contribution in [0.25, 0.3) is 11.1 Å². The molecule has 3 rings (SSSR count). The molecule has 0 unspecified atom stereocenters. The number of rotatable bonds is 3. The lowest BCUT2D eigenvalue weighted by Gasteiger charge is -2.11. The SMILES string of the molecule is Cc1ccc(C(=O)Nc2cc(-c3ccc(F)nc3)ccc2N)nc1C. The average molecular weight is 336 g/mol. The summed E-state index contributed by atoms with van der Waals surface area (Å²) in [6.07, 6.45) is 1.43. The molecule has 0 aliphatic heterocycles. The van der Waals surface area contributed by atoms with Crippen LogP contribution in [-0.2, 0) is 0 Å². The van der Waals surface area contributed by atoms with Gasteiger partial charge in [-0.25, -0.2) is 9.97 Å². The number of nitrogens with one attached hydrogen (secondary N) is 1. The number of pyridine rings is 2. The molecule has 0 aliphatic rings. The molecule has 5 nitrogen and oxygen atoms in total. The molecule has 25 heavy (non-hydrogen) atoms. The summed E-state index contributed by atoms with van der Waals surface area (Å²) >= 11 is 0. The molecule has 1 amide bonds. The first-order valence-electron chi connectivity index (χ1n) is 7.71. The van der Waals surface area contributed by atoms with Gasteiger partial charge in [-0.15, -0.1) is 0 Å². The number of nitrogen functional groups attached to an aromatic ring is 1. The maximum absolute atomic E-state index is 13.0. The third-order valence-electron chi connectivity index (χ3n) is 3.94. The van der Waals surface area contributed by atoms with E-state index in [1.807, 2.05) is 19.9 Å². The second-order valence-corrected chi connectivity index (χ2v) is 5.72. The van der Waals surface area contributed by atoms with Crippen LogP contribution in [0.2, 0.25) is 0 Å². The molecule has 3 N–H and O–H groups in total. The molecule has 0 aliphatic carbocycles. The van der Waals surface area contributed by atoms with E-state index in [9.17, 15) is 9.18 Å². The summed E-state index contributed by atoms with van der Waals surface area (Å²) in [5.41, 5.74) is 10.5. The van der Waals surface area contributed by atoms with Crippen molar-refractivity contribution in [3.63, 3.8) is 0 Å². The second kappa shape index (κ2) is 6.68. The van der Waals surface area contributed by atoms with Crippen LogP contribution in [0.15, 0.2) is 48.7 Å². The largest absolute Gasteiger partial charge is 0.397 e. The summed E-state index contributed by atoms with van der Waals surface area (Å²) in [5.74, 6) is -0.891. The first-order chi connectivity index (χ1) is 11.9. The second-order valence-electron chi connectivity index (χ2n) is 5.72. The van der Waals surface area contributed by atoms with Crippen molar-refractivity contribution in [2.75, 3.05) is 11.1 Å². The highest BCUT2D eigenvalue weighted by Crippen LogP contribution is 2.27. The number of aromatic nitrogens is 2. The van der Waals surface area contributed by atoms with Gasteiger partial charge < -0.3 is 11.1 Å². The van der Waals surface area contributed by atoms with Crippen LogP contribution in [0.4, 0.5) is 15.8 Å². The highest BCUT2D eigenvalue weighted by Gasteiger charge is 2.12. The van der Waals surface area contributed by atoms with Crippen LogP contribution >= 0.6 is 0 Å². The Bertz CT molecular complexity index is 939. The zero-order valence-corrected chi connectivity index (χ0v) is 13.9. The Morgan fingerprint density at radius 2 is 1.84 bits per heavy atom. The number of anilines is 2. The minimum absolute atomic E-state index is 0.316. The van der Waals surface area contributed by atoms with E-state index in [1.165, 1.54) is 12.3 Å². The van der Waals surface area contributed by atoms with Gasteiger partial charge in [-0.1, -0.05) is 12.1 Å². The van der Waals surface area contributed by atoms with Gasteiger partial charge in [0.2, 0.25) is 5.95 Å². The molecule has 6 heteroatoms. The van der Waals surface area contributed by atoms with E-state index < -0.39 is 5.95 Å². The minimum atomic E-state index is -0.548. The highest BCUT2D eigenvalue weighted by molar-refractivity contribution is 6.05. The van der Waals surface area contributed by atoms with E-state index in [2.05, 4.69) is 15.3 Å². The van der Waals surface area contributed by atoms with Crippen molar-refractivity contribution in [1.82, 2.24) is 9.97 Å². The normalized spacial score (nSPS) is 10.5. The van der Waals surface area contributed by atoms with E-state index in [4.69, 9.17) is 5.73 Å². The zero-order valence-electron chi connectivity index (χ0n) is 13.9. The Morgan fingerprint density at radius 1 is 1.08 bits per heavy atom. The molecular weight excluding hydrogens is 319 g/mol. The summed E-state index contributed by atoms with van der Waals surface area (Å²) in [7, 11) is 0. The van der Waals surface area contributed by atoms with Gasteiger partial charge in [-0.2, -0.15) is 4.39 Å². The average Bonchev–Trinajstić information content (AvgIpc) is 2.60. The van der Waals surface area contributed by atoms with Crippen LogP contribution in [0.3, 0.4) is 0 Å². The topological polar surface area (TPSA) is 80.9 Å². The molecule has 0 saturated heterocycles. The molecule has 0 bridgehead atoms. The van der Waals surface area contributed by atoms with Crippen molar-refractivity contribution in [1.29, 1.82) is 0 Å². The Balaban J connectivity index is 1.89. The fraction of sp³-hybridized carbons (Fsp3) is 0.105. The Hall–Kier alpha value is -3.28. The number of hydrogen-bond donors (Lipinski definition) is 2. The van der Waals surface area contributed by atoms with E-state index >= 15 is 0 Å². The van der Waals surface area contributed by atoms with Crippen molar-refractivity contribution in [3.05, 3.63) is 71.6 Å². The third-order valence-corrected chi connectivity index (χ3v) is 3.94. The molecule has 1 aromatic carbocycles. The molecule has 0 saturated carbocycles. The number of benzene rings is 1. The highest BCUT2D eigenvalue weighted by atomic mass is 19.1. The van der Waals surface area contributed by atoms with E-state index in [0.29, 0.717) is 17.1 Å². The molecule has 0 fully saturated rings. The molecule has 0 spiro atoms. The minimum Gasteiger partial charge on any atom is -0.397 e. The van der Waals surface area contributed by atoms with E-state index in [0.717, 1.165) is 22.4 Å². The Morgan fingerprint density at radius 3 is 2.52 bits per heavy atom. The van der Waals surface area contributed by atoms with E-state index in [-0.39, 0.29) is 5.91 Å². The van der Waals surface area contributed by atoms with Gasteiger partial charge in [0.05, 0.1) is 11.4 Å². The third kappa shape index (κ3) is 3.63. The number of halogens is 1. The fourth-order valence-electron chi connectivity index (χ4n) is 2.33. The molecule has 0 radical (unpaired) electrons. The summed E-state index contributed by atoms with van der Waals surface area (Å²) in [5, 5.41) is 2.77.